The summed E-state index contributed by atoms with van der Waals surface area (Å²) >= 11 is 0. The largest absolute Gasteiger partial charge is 0.394 e. The van der Waals surface area contributed by atoms with Crippen LogP contribution in [0, 0.1) is 0 Å². The normalized spacial score (nSPS) is 14.1. The van der Waals surface area contributed by atoms with Gasteiger partial charge in [-0.2, -0.15) is 0 Å². The lowest BCUT2D eigenvalue weighted by Gasteiger charge is -2.27. The van der Waals surface area contributed by atoms with Gasteiger partial charge in [0.05, 0.1) is 18.8 Å². The molecule has 0 saturated heterocycles. The molecule has 0 aliphatic carbocycles. The Morgan fingerprint density at radius 1 is 0.393 bits per heavy atom. The Morgan fingerprint density at radius 2 is 0.689 bits per heavy atom. The average Bonchev–Trinajstić information content (AvgIpc) is 3.26. The fourth-order valence-corrected chi connectivity index (χ4v) is 8.32. The van der Waals surface area contributed by atoms with Crippen LogP contribution in [0.3, 0.4) is 0 Å². The standard InChI is InChI=1S/C55H105NO5/c1-3-5-7-9-11-13-15-17-19-20-21-22-23-24-25-26-27-28-29-30-31-32-33-35-36-38-40-42-44-46-48-52(58)54(60)51(50-57)56-55(61)53(59)49-47-45-43-41-39-37-34-18-16-14-12-10-8-6-4-2/h29-30,33,35,40,42,51-54,57-60H,3-28,31-32,34,36-39,41,43-50H2,1-2H3,(H,56,61)/b30-29+,35-33+,42-40+. The molecule has 0 aliphatic heterocycles. The number of rotatable bonds is 49. The van der Waals surface area contributed by atoms with E-state index in [2.05, 4.69) is 55.6 Å². The topological polar surface area (TPSA) is 110 Å². The van der Waals surface area contributed by atoms with Crippen molar-refractivity contribution in [2.24, 2.45) is 0 Å². The van der Waals surface area contributed by atoms with E-state index in [1.54, 1.807) is 0 Å². The molecule has 61 heavy (non-hydrogen) atoms. The second kappa shape index (κ2) is 49.5. The van der Waals surface area contributed by atoms with Gasteiger partial charge in [-0.15, -0.1) is 0 Å². The van der Waals surface area contributed by atoms with Crippen LogP contribution in [0.4, 0.5) is 0 Å². The monoisotopic (exact) mass is 860 g/mol. The Hall–Kier alpha value is -1.47. The quantitative estimate of drug-likeness (QED) is 0.0309. The maximum Gasteiger partial charge on any atom is 0.249 e. The van der Waals surface area contributed by atoms with Crippen LogP contribution in [0.1, 0.15) is 277 Å². The number of aliphatic hydroxyl groups is 4. The van der Waals surface area contributed by atoms with Crippen LogP contribution in [0.15, 0.2) is 36.5 Å². The zero-order valence-electron chi connectivity index (χ0n) is 40.7. The van der Waals surface area contributed by atoms with Crippen LogP contribution in [0.2, 0.25) is 0 Å². The van der Waals surface area contributed by atoms with Crippen LogP contribution < -0.4 is 5.32 Å². The van der Waals surface area contributed by atoms with Crippen molar-refractivity contribution in [3.63, 3.8) is 0 Å². The Morgan fingerprint density at radius 3 is 1.03 bits per heavy atom. The smallest absolute Gasteiger partial charge is 0.249 e. The van der Waals surface area contributed by atoms with Crippen molar-refractivity contribution in [2.45, 2.75) is 301 Å². The van der Waals surface area contributed by atoms with Crippen molar-refractivity contribution >= 4 is 5.91 Å². The van der Waals surface area contributed by atoms with Crippen LogP contribution in [0.25, 0.3) is 0 Å². The third kappa shape index (κ3) is 43.6. The van der Waals surface area contributed by atoms with E-state index >= 15 is 0 Å². The van der Waals surface area contributed by atoms with Gasteiger partial charge in [0.1, 0.15) is 12.2 Å². The van der Waals surface area contributed by atoms with E-state index in [1.807, 2.05) is 0 Å². The summed E-state index contributed by atoms with van der Waals surface area (Å²) in [5, 5.41) is 43.8. The highest BCUT2D eigenvalue weighted by molar-refractivity contribution is 5.80. The highest BCUT2D eigenvalue weighted by Gasteiger charge is 2.28. The summed E-state index contributed by atoms with van der Waals surface area (Å²) < 4.78 is 0. The number of hydrogen-bond acceptors (Lipinski definition) is 5. The minimum Gasteiger partial charge on any atom is -0.394 e. The molecule has 0 saturated carbocycles. The summed E-state index contributed by atoms with van der Waals surface area (Å²) in [7, 11) is 0. The minimum absolute atomic E-state index is 0.361. The fraction of sp³-hybridized carbons (Fsp3) is 0.873. The van der Waals surface area contributed by atoms with Crippen LogP contribution >= 0.6 is 0 Å². The summed E-state index contributed by atoms with van der Waals surface area (Å²) in [6.45, 7) is 4.06. The molecule has 0 aromatic carbocycles. The van der Waals surface area contributed by atoms with Crippen LogP contribution in [0.5, 0.6) is 0 Å². The molecule has 0 bridgehead atoms. The number of nitrogens with one attached hydrogen (secondary N) is 1. The van der Waals surface area contributed by atoms with Gasteiger partial charge in [-0.1, -0.05) is 249 Å². The minimum atomic E-state index is -1.29. The van der Waals surface area contributed by atoms with Crippen molar-refractivity contribution in [1.82, 2.24) is 5.32 Å². The molecule has 0 heterocycles. The SMILES string of the molecule is CCCCCCCCCCCCCCCCCCC/C=C/CC/C=C/CC/C=C/CCCC(O)C(O)C(CO)NC(=O)C(O)CCCCCCCCCCCCCCCCC. The second-order valence-electron chi connectivity index (χ2n) is 18.6. The first-order chi connectivity index (χ1) is 30.0. The van der Waals surface area contributed by atoms with Crippen molar-refractivity contribution < 1.29 is 25.2 Å². The number of hydrogen-bond donors (Lipinski definition) is 5. The first kappa shape index (κ1) is 59.5. The van der Waals surface area contributed by atoms with E-state index in [9.17, 15) is 25.2 Å². The Bertz CT molecular complexity index is 966. The van der Waals surface area contributed by atoms with Gasteiger partial charge in [-0.05, 0) is 64.2 Å². The third-order valence-corrected chi connectivity index (χ3v) is 12.6. The number of unbranched alkanes of at least 4 members (excludes halogenated alkanes) is 34. The lowest BCUT2D eigenvalue weighted by Crippen LogP contribution is -2.53. The molecule has 0 radical (unpaired) electrons. The van der Waals surface area contributed by atoms with Crippen molar-refractivity contribution in [2.75, 3.05) is 6.61 Å². The van der Waals surface area contributed by atoms with E-state index in [-0.39, 0.29) is 0 Å². The summed E-state index contributed by atoms with van der Waals surface area (Å²) in [6, 6.07) is -1.01. The molecular formula is C55H105NO5. The molecular weight excluding hydrogens is 755 g/mol. The van der Waals surface area contributed by atoms with Crippen LogP contribution in [-0.4, -0.2) is 57.3 Å². The van der Waals surface area contributed by atoms with Gasteiger partial charge < -0.3 is 25.7 Å². The summed E-state index contributed by atoms with van der Waals surface area (Å²) in [6.07, 6.45) is 60.7. The zero-order chi connectivity index (χ0) is 44.5. The van der Waals surface area contributed by atoms with Crippen LogP contribution in [-0.2, 0) is 4.79 Å². The molecule has 5 N–H and O–H groups in total. The molecule has 0 aromatic heterocycles. The Balaban J connectivity index is 3.70. The van der Waals surface area contributed by atoms with Gasteiger partial charge >= 0.3 is 0 Å². The lowest BCUT2D eigenvalue weighted by molar-refractivity contribution is -0.132. The molecule has 1 amide bonds. The lowest BCUT2D eigenvalue weighted by atomic mass is 10.00. The van der Waals surface area contributed by atoms with E-state index in [1.165, 1.54) is 193 Å². The number of aliphatic hydroxyl groups excluding tert-OH is 4. The molecule has 0 aromatic rings. The highest BCUT2D eigenvalue weighted by atomic mass is 16.3. The predicted octanol–water partition coefficient (Wildman–Crippen LogP) is 15.2. The second-order valence-corrected chi connectivity index (χ2v) is 18.6. The molecule has 0 spiro atoms. The predicted molar refractivity (Wildman–Crippen MR) is 265 cm³/mol. The summed E-state index contributed by atoms with van der Waals surface area (Å²) in [4.78, 5) is 12.5. The van der Waals surface area contributed by atoms with E-state index < -0.39 is 36.9 Å². The molecule has 360 valence electrons. The van der Waals surface area contributed by atoms with E-state index in [0.29, 0.717) is 19.3 Å². The first-order valence-electron chi connectivity index (χ1n) is 26.9. The van der Waals surface area contributed by atoms with Gasteiger partial charge in [0.15, 0.2) is 0 Å². The molecule has 6 heteroatoms. The van der Waals surface area contributed by atoms with Crippen molar-refractivity contribution in [3.8, 4) is 0 Å². The Kier molecular flexibility index (Phi) is 48.3. The Labute approximate surface area is 379 Å². The molecule has 0 aliphatic rings. The van der Waals surface area contributed by atoms with Gasteiger partial charge in [0.25, 0.3) is 0 Å². The summed E-state index contributed by atoms with van der Waals surface area (Å²) in [5.74, 6) is -0.597. The molecule has 4 unspecified atom stereocenters. The maximum absolute atomic E-state index is 12.5. The first-order valence-corrected chi connectivity index (χ1v) is 26.9. The molecule has 0 fully saturated rings. The molecule has 4 atom stereocenters. The number of allylic oxidation sites excluding steroid dienone is 6. The van der Waals surface area contributed by atoms with E-state index in [0.717, 1.165) is 51.4 Å². The third-order valence-electron chi connectivity index (χ3n) is 12.6. The number of carbonyl (C=O) groups is 1. The van der Waals surface area contributed by atoms with E-state index in [4.69, 9.17) is 0 Å². The van der Waals surface area contributed by atoms with Gasteiger partial charge in [0, 0.05) is 0 Å². The number of carbonyl (C=O) groups excluding carboxylic acids is 1. The fourth-order valence-electron chi connectivity index (χ4n) is 8.32. The maximum atomic E-state index is 12.5. The molecule has 0 rings (SSSR count). The molecule has 6 nitrogen and oxygen atoms in total. The average molecular weight is 860 g/mol. The van der Waals surface area contributed by atoms with Crippen molar-refractivity contribution in [3.05, 3.63) is 36.5 Å². The zero-order valence-corrected chi connectivity index (χ0v) is 40.7. The van der Waals surface area contributed by atoms with Crippen molar-refractivity contribution in [1.29, 1.82) is 0 Å². The number of amides is 1. The van der Waals surface area contributed by atoms with Gasteiger partial charge in [0.2, 0.25) is 5.91 Å². The van der Waals surface area contributed by atoms with Gasteiger partial charge in [-0.25, -0.2) is 0 Å². The summed E-state index contributed by atoms with van der Waals surface area (Å²) in [5.41, 5.74) is 0. The van der Waals surface area contributed by atoms with Gasteiger partial charge in [-0.3, -0.25) is 4.79 Å². The highest BCUT2D eigenvalue weighted by Crippen LogP contribution is 2.17.